The maximum Gasteiger partial charge on any atom is 0.333 e. The number of esters is 1. The lowest BCUT2D eigenvalue weighted by molar-refractivity contribution is -0.140. The van der Waals surface area contributed by atoms with E-state index in [1.54, 1.807) is 13.0 Å². The van der Waals surface area contributed by atoms with Crippen molar-refractivity contribution in [1.29, 1.82) is 0 Å². The average Bonchev–Trinajstić information content (AvgIpc) is 2.77. The predicted molar refractivity (Wildman–Crippen MR) is 132 cm³/mol. The second kappa shape index (κ2) is 13.3. The zero-order valence-electron chi connectivity index (χ0n) is 19.7. The normalized spacial score (nSPS) is 14.1. The van der Waals surface area contributed by atoms with Crippen LogP contribution in [0.25, 0.3) is 0 Å². The van der Waals surface area contributed by atoms with Gasteiger partial charge >= 0.3 is 5.97 Å². The second-order valence-corrected chi connectivity index (χ2v) is 7.62. The van der Waals surface area contributed by atoms with E-state index in [-0.39, 0.29) is 19.0 Å². The Bertz CT molecular complexity index is 922. The van der Waals surface area contributed by atoms with Gasteiger partial charge in [-0.3, -0.25) is 0 Å². The molecule has 0 heterocycles. The summed E-state index contributed by atoms with van der Waals surface area (Å²) >= 11 is 0. The monoisotopic (exact) mass is 438 g/mol. The third-order valence-electron chi connectivity index (χ3n) is 5.01. The molecule has 1 aliphatic carbocycles. The van der Waals surface area contributed by atoms with Gasteiger partial charge in [0.2, 0.25) is 0 Å². The van der Waals surface area contributed by atoms with Gasteiger partial charge in [-0.1, -0.05) is 64.5 Å². The van der Waals surface area contributed by atoms with Gasteiger partial charge in [0.05, 0.1) is 0 Å². The van der Waals surface area contributed by atoms with E-state index in [1.807, 2.05) is 26.0 Å². The fourth-order valence-electron chi connectivity index (χ4n) is 2.78. The van der Waals surface area contributed by atoms with Gasteiger partial charge in [0.1, 0.15) is 24.8 Å². The molecule has 0 unspecified atom stereocenters. The van der Waals surface area contributed by atoms with Gasteiger partial charge in [-0.05, 0) is 72.6 Å². The molecule has 4 heteroatoms. The van der Waals surface area contributed by atoms with E-state index in [0.29, 0.717) is 41.7 Å². The summed E-state index contributed by atoms with van der Waals surface area (Å²) in [6, 6.07) is 0. The Kier molecular flexibility index (Phi) is 11.2. The van der Waals surface area contributed by atoms with Crippen molar-refractivity contribution in [2.75, 3.05) is 13.2 Å². The lowest BCUT2D eigenvalue weighted by Gasteiger charge is -2.18. The summed E-state index contributed by atoms with van der Waals surface area (Å²) in [5.74, 6) is -0.289. The van der Waals surface area contributed by atoms with Crippen LogP contribution in [0.3, 0.4) is 0 Å². The molecule has 0 aromatic rings. The van der Waals surface area contributed by atoms with Crippen LogP contribution in [-0.2, 0) is 14.3 Å². The minimum absolute atomic E-state index is 0.0791. The van der Waals surface area contributed by atoms with Gasteiger partial charge in [-0.25, -0.2) is 9.18 Å². The molecule has 0 atom stereocenters. The van der Waals surface area contributed by atoms with Crippen molar-refractivity contribution in [2.45, 2.75) is 46.5 Å². The molecular formula is C28H35FO3. The fourth-order valence-corrected chi connectivity index (χ4v) is 2.78. The highest BCUT2D eigenvalue weighted by Crippen LogP contribution is 2.33. The van der Waals surface area contributed by atoms with Crippen LogP contribution in [0.15, 0.2) is 108 Å². The third kappa shape index (κ3) is 8.54. The Hall–Kier alpha value is -3.14. The van der Waals surface area contributed by atoms with Crippen LogP contribution in [0.4, 0.5) is 4.39 Å². The van der Waals surface area contributed by atoms with Crippen LogP contribution in [0, 0.1) is 0 Å². The number of carbonyl (C=O) groups is 1. The fraction of sp³-hybridized carbons (Fsp3) is 0.321. The molecule has 1 aliphatic rings. The molecular weight excluding hydrogens is 403 g/mol. The quantitative estimate of drug-likeness (QED) is 0.0979. The van der Waals surface area contributed by atoms with Crippen LogP contribution in [0.5, 0.6) is 0 Å². The third-order valence-corrected chi connectivity index (χ3v) is 5.01. The highest BCUT2D eigenvalue weighted by atomic mass is 19.1. The van der Waals surface area contributed by atoms with E-state index in [9.17, 15) is 9.18 Å². The highest BCUT2D eigenvalue weighted by Gasteiger charge is 2.17. The molecule has 0 bridgehead atoms. The van der Waals surface area contributed by atoms with Crippen LogP contribution in [-0.4, -0.2) is 19.2 Å². The minimum Gasteiger partial charge on any atom is -0.490 e. The summed E-state index contributed by atoms with van der Waals surface area (Å²) in [6.07, 6.45) is 9.70. The minimum atomic E-state index is -0.467. The Balaban J connectivity index is 2.92. The first-order chi connectivity index (χ1) is 15.1. The van der Waals surface area contributed by atoms with E-state index in [2.05, 4.69) is 32.9 Å². The van der Waals surface area contributed by atoms with Crippen molar-refractivity contribution < 1.29 is 18.7 Å². The number of hydrogen-bond donors (Lipinski definition) is 0. The van der Waals surface area contributed by atoms with Crippen LogP contribution in [0.1, 0.15) is 46.5 Å². The predicted octanol–water partition coefficient (Wildman–Crippen LogP) is 7.55. The van der Waals surface area contributed by atoms with Gasteiger partial charge in [0.25, 0.3) is 0 Å². The van der Waals surface area contributed by atoms with Crippen LogP contribution < -0.4 is 0 Å². The summed E-state index contributed by atoms with van der Waals surface area (Å²) in [5.41, 5.74) is 4.77. The molecule has 0 aliphatic heterocycles. The molecule has 0 amide bonds. The number of rotatable bonds is 13. The van der Waals surface area contributed by atoms with Crippen molar-refractivity contribution in [2.24, 2.45) is 0 Å². The largest absolute Gasteiger partial charge is 0.490 e. The number of ether oxygens (including phenoxy) is 2. The lowest BCUT2D eigenvalue weighted by atomic mass is 9.89. The van der Waals surface area contributed by atoms with Gasteiger partial charge in [0.15, 0.2) is 0 Å². The van der Waals surface area contributed by atoms with Gasteiger partial charge < -0.3 is 9.47 Å². The second-order valence-electron chi connectivity index (χ2n) is 7.62. The molecule has 3 nitrogen and oxygen atoms in total. The van der Waals surface area contributed by atoms with Crippen molar-refractivity contribution in [3.63, 3.8) is 0 Å². The number of halogens is 1. The van der Waals surface area contributed by atoms with Crippen molar-refractivity contribution >= 4 is 5.97 Å². The summed E-state index contributed by atoms with van der Waals surface area (Å²) in [6.45, 7) is 25.3. The first kappa shape index (κ1) is 26.9. The molecule has 0 saturated heterocycles. The Morgan fingerprint density at radius 2 is 1.66 bits per heavy atom. The molecule has 0 spiro atoms. The zero-order chi connectivity index (χ0) is 24.3. The average molecular weight is 439 g/mol. The Morgan fingerprint density at radius 3 is 2.22 bits per heavy atom. The summed E-state index contributed by atoms with van der Waals surface area (Å²) in [7, 11) is 0. The van der Waals surface area contributed by atoms with E-state index in [1.165, 1.54) is 6.08 Å². The molecule has 0 N–H and O–H groups in total. The van der Waals surface area contributed by atoms with Crippen molar-refractivity contribution in [3.05, 3.63) is 108 Å². The first-order valence-electron chi connectivity index (χ1n) is 10.8. The van der Waals surface area contributed by atoms with Gasteiger partial charge in [-0.15, -0.1) is 0 Å². The Labute approximate surface area is 192 Å². The molecule has 32 heavy (non-hydrogen) atoms. The first-order valence-corrected chi connectivity index (χ1v) is 10.8. The molecule has 0 aromatic carbocycles. The molecule has 172 valence electrons. The van der Waals surface area contributed by atoms with E-state index in [4.69, 9.17) is 9.47 Å². The van der Waals surface area contributed by atoms with Crippen LogP contribution >= 0.6 is 0 Å². The maximum absolute atomic E-state index is 14.9. The van der Waals surface area contributed by atoms with E-state index in [0.717, 1.165) is 28.7 Å². The Morgan fingerprint density at radius 1 is 1.00 bits per heavy atom. The van der Waals surface area contributed by atoms with Gasteiger partial charge in [-0.2, -0.15) is 0 Å². The van der Waals surface area contributed by atoms with E-state index >= 15 is 0 Å². The highest BCUT2D eigenvalue weighted by molar-refractivity contribution is 5.86. The molecule has 0 fully saturated rings. The SMILES string of the molecule is C=C(/C=C\C(=C)C1=CC(F)=C(C(=C)/C=C(/OCCOC(=O)C(=C)C)C(=C)CC)CC1)CC. The molecule has 1 rings (SSSR count). The lowest BCUT2D eigenvalue weighted by Crippen LogP contribution is -2.11. The summed E-state index contributed by atoms with van der Waals surface area (Å²) in [5, 5.41) is 0. The summed E-state index contributed by atoms with van der Waals surface area (Å²) < 4.78 is 25.7. The smallest absolute Gasteiger partial charge is 0.333 e. The molecule has 0 radical (unpaired) electrons. The van der Waals surface area contributed by atoms with Crippen molar-refractivity contribution in [1.82, 2.24) is 0 Å². The standard InChI is InChI=1S/C28H35FO3/c1-9-20(5)11-12-22(7)24-13-14-25(26(29)18-24)23(8)17-27(21(6)10-2)31-15-16-32-28(30)19(3)4/h11-12,17-18H,3,5-10,13-16H2,1-2,4H3/b12-11-,27-17+. The number of carbonyl (C=O) groups excluding carboxylic acids is 1. The topological polar surface area (TPSA) is 35.5 Å². The number of hydrogen-bond acceptors (Lipinski definition) is 3. The van der Waals surface area contributed by atoms with E-state index < -0.39 is 5.97 Å². The number of allylic oxidation sites excluding steroid dienone is 11. The zero-order valence-corrected chi connectivity index (χ0v) is 19.7. The van der Waals surface area contributed by atoms with Gasteiger partial charge in [0, 0.05) is 5.57 Å². The van der Waals surface area contributed by atoms with Crippen LogP contribution in [0.2, 0.25) is 0 Å². The molecule has 0 saturated carbocycles. The summed E-state index contributed by atoms with van der Waals surface area (Å²) in [4.78, 5) is 11.5. The molecule has 0 aromatic heterocycles. The van der Waals surface area contributed by atoms with Crippen molar-refractivity contribution in [3.8, 4) is 0 Å². The maximum atomic E-state index is 14.9.